The van der Waals surface area contributed by atoms with E-state index < -0.39 is 21.4 Å². The van der Waals surface area contributed by atoms with Crippen molar-refractivity contribution in [3.05, 3.63) is 0 Å². The number of ether oxygens (including phenoxy) is 1. The number of carbonyl (C=O) groups excluding carboxylic acids is 1. The van der Waals surface area contributed by atoms with E-state index in [1.807, 2.05) is 0 Å². The number of esters is 1. The molecule has 1 N–H and O–H groups in total. The normalized spacial score (nSPS) is 31.0. The van der Waals surface area contributed by atoms with Crippen LogP contribution in [0, 0.1) is 0 Å². The number of rotatable bonds is 2. The summed E-state index contributed by atoms with van der Waals surface area (Å²) in [5.74, 6) is -0.824. The quantitative estimate of drug-likeness (QED) is 0.636. The Hall–Kier alpha value is -0.620. The summed E-state index contributed by atoms with van der Waals surface area (Å²) in [7, 11) is -1.99. The Morgan fingerprint density at radius 1 is 1.57 bits per heavy atom. The molecule has 1 aliphatic heterocycles. The summed E-state index contributed by atoms with van der Waals surface area (Å²) in [6, 6.07) is 0. The van der Waals surface area contributed by atoms with E-state index in [0.717, 1.165) is 0 Å². The van der Waals surface area contributed by atoms with Crippen LogP contribution in [0.15, 0.2) is 0 Å². The molecule has 0 radical (unpaired) electrons. The van der Waals surface area contributed by atoms with Crippen molar-refractivity contribution in [2.24, 2.45) is 0 Å². The van der Waals surface area contributed by atoms with Crippen LogP contribution in [0.2, 0.25) is 0 Å². The minimum atomic E-state index is -3.20. The summed E-state index contributed by atoms with van der Waals surface area (Å²) in [6.45, 7) is 0. The molecule has 0 spiro atoms. The maximum absolute atomic E-state index is 11.2. The second kappa shape index (κ2) is 3.86. The fourth-order valence-corrected chi connectivity index (χ4v) is 3.45. The molecule has 5 nitrogen and oxygen atoms in total. The van der Waals surface area contributed by atoms with Crippen LogP contribution >= 0.6 is 0 Å². The fraction of sp³-hybridized carbons (Fsp3) is 0.875. The van der Waals surface area contributed by atoms with Crippen LogP contribution in [0.1, 0.15) is 19.3 Å². The maximum atomic E-state index is 11.2. The first-order valence-corrected chi connectivity index (χ1v) is 6.19. The van der Waals surface area contributed by atoms with Crippen molar-refractivity contribution in [2.75, 3.05) is 18.6 Å². The van der Waals surface area contributed by atoms with E-state index in [0.29, 0.717) is 12.8 Å². The lowest BCUT2D eigenvalue weighted by Gasteiger charge is -2.30. The Kier molecular flexibility index (Phi) is 3.16. The predicted molar refractivity (Wildman–Crippen MR) is 49.5 cm³/mol. The van der Waals surface area contributed by atoms with Crippen molar-refractivity contribution < 1.29 is 23.1 Å². The zero-order valence-electron chi connectivity index (χ0n) is 8.02. The van der Waals surface area contributed by atoms with Crippen molar-refractivity contribution in [2.45, 2.75) is 24.9 Å². The van der Waals surface area contributed by atoms with Gasteiger partial charge in [-0.1, -0.05) is 0 Å². The van der Waals surface area contributed by atoms with E-state index in [1.54, 1.807) is 0 Å². The molecule has 6 heteroatoms. The minimum Gasteiger partial charge on any atom is -0.469 e. The summed E-state index contributed by atoms with van der Waals surface area (Å²) < 4.78 is 26.8. The Bertz CT molecular complexity index is 321. The molecule has 0 aliphatic carbocycles. The van der Waals surface area contributed by atoms with Crippen molar-refractivity contribution in [3.63, 3.8) is 0 Å². The first-order chi connectivity index (χ1) is 6.37. The van der Waals surface area contributed by atoms with Crippen molar-refractivity contribution in [1.82, 2.24) is 0 Å². The van der Waals surface area contributed by atoms with Crippen LogP contribution in [-0.2, 0) is 19.4 Å². The molecule has 1 heterocycles. The molecule has 0 saturated carbocycles. The standard InChI is InChI=1S/C8H14O5S/c1-13-7(9)5-8(10)3-2-4-14(11,12)6-8/h10H,2-6H2,1H3. The number of sulfone groups is 1. The summed E-state index contributed by atoms with van der Waals surface area (Å²) in [5, 5.41) is 9.83. The minimum absolute atomic E-state index is 0.0937. The van der Waals surface area contributed by atoms with E-state index in [2.05, 4.69) is 4.74 Å². The average Bonchev–Trinajstić information content (AvgIpc) is 2.00. The molecule has 1 saturated heterocycles. The zero-order valence-corrected chi connectivity index (χ0v) is 8.84. The number of carbonyl (C=O) groups is 1. The Morgan fingerprint density at radius 3 is 2.71 bits per heavy atom. The van der Waals surface area contributed by atoms with Gasteiger partial charge in [-0.25, -0.2) is 8.42 Å². The molecule has 1 atom stereocenters. The highest BCUT2D eigenvalue weighted by atomic mass is 32.2. The second-order valence-electron chi connectivity index (χ2n) is 3.67. The zero-order chi connectivity index (χ0) is 10.8. The second-order valence-corrected chi connectivity index (χ2v) is 5.86. The third-order valence-corrected chi connectivity index (χ3v) is 4.17. The molecule has 0 bridgehead atoms. The van der Waals surface area contributed by atoms with Gasteiger partial charge in [0.1, 0.15) is 0 Å². The molecule has 0 amide bonds. The lowest BCUT2D eigenvalue weighted by atomic mass is 9.96. The highest BCUT2D eigenvalue weighted by molar-refractivity contribution is 7.91. The first-order valence-electron chi connectivity index (χ1n) is 4.37. The summed E-state index contributed by atoms with van der Waals surface area (Å²) in [4.78, 5) is 10.9. The highest BCUT2D eigenvalue weighted by Crippen LogP contribution is 2.26. The third kappa shape index (κ3) is 2.95. The molecule has 1 aliphatic rings. The molecular formula is C8H14O5S. The van der Waals surface area contributed by atoms with Gasteiger partial charge in [-0.3, -0.25) is 4.79 Å². The van der Waals surface area contributed by atoms with E-state index in [4.69, 9.17) is 0 Å². The smallest absolute Gasteiger partial charge is 0.308 e. The van der Waals surface area contributed by atoms with Crippen LogP contribution in [0.25, 0.3) is 0 Å². The summed E-state index contributed by atoms with van der Waals surface area (Å²) in [5.41, 5.74) is -1.43. The predicted octanol–water partition coefficient (Wildman–Crippen LogP) is -0.511. The highest BCUT2D eigenvalue weighted by Gasteiger charge is 2.39. The van der Waals surface area contributed by atoms with Crippen molar-refractivity contribution in [1.29, 1.82) is 0 Å². The Balaban J connectivity index is 2.69. The van der Waals surface area contributed by atoms with Crippen molar-refractivity contribution >= 4 is 15.8 Å². The van der Waals surface area contributed by atoms with Gasteiger partial charge in [0, 0.05) is 0 Å². The molecule has 0 aromatic rings. The van der Waals surface area contributed by atoms with Crippen LogP contribution in [0.4, 0.5) is 0 Å². The van der Waals surface area contributed by atoms with Gasteiger partial charge in [-0.15, -0.1) is 0 Å². The molecule has 82 valence electrons. The molecular weight excluding hydrogens is 208 g/mol. The van der Waals surface area contributed by atoms with E-state index in [-0.39, 0.29) is 17.9 Å². The number of hydrogen-bond acceptors (Lipinski definition) is 5. The Morgan fingerprint density at radius 2 is 2.21 bits per heavy atom. The van der Waals surface area contributed by atoms with Gasteiger partial charge in [-0.05, 0) is 12.8 Å². The van der Waals surface area contributed by atoms with Crippen LogP contribution in [0.5, 0.6) is 0 Å². The molecule has 1 rings (SSSR count). The van der Waals surface area contributed by atoms with Gasteiger partial charge in [-0.2, -0.15) is 0 Å². The van der Waals surface area contributed by atoms with Gasteiger partial charge in [0.25, 0.3) is 0 Å². The van der Waals surface area contributed by atoms with Crippen molar-refractivity contribution in [3.8, 4) is 0 Å². The van der Waals surface area contributed by atoms with Crippen LogP contribution in [-0.4, -0.2) is 43.7 Å². The number of aliphatic hydroxyl groups is 1. The fourth-order valence-electron chi connectivity index (χ4n) is 1.66. The molecule has 14 heavy (non-hydrogen) atoms. The monoisotopic (exact) mass is 222 g/mol. The molecule has 1 fully saturated rings. The number of methoxy groups -OCH3 is 1. The largest absolute Gasteiger partial charge is 0.469 e. The summed E-state index contributed by atoms with van der Waals surface area (Å²) >= 11 is 0. The van der Waals surface area contributed by atoms with Gasteiger partial charge >= 0.3 is 5.97 Å². The SMILES string of the molecule is COC(=O)CC1(O)CCCS(=O)(=O)C1. The van der Waals surface area contributed by atoms with Gasteiger partial charge in [0.15, 0.2) is 9.84 Å². The lowest BCUT2D eigenvalue weighted by molar-refractivity contribution is -0.145. The van der Waals surface area contributed by atoms with E-state index >= 15 is 0 Å². The molecule has 1 unspecified atom stereocenters. The first kappa shape index (κ1) is 11.5. The molecule has 0 aromatic carbocycles. The lowest BCUT2D eigenvalue weighted by Crippen LogP contribution is -2.44. The van der Waals surface area contributed by atoms with Gasteiger partial charge in [0.05, 0.1) is 30.6 Å². The maximum Gasteiger partial charge on any atom is 0.308 e. The van der Waals surface area contributed by atoms with Crippen LogP contribution < -0.4 is 0 Å². The molecule has 0 aromatic heterocycles. The number of hydrogen-bond donors (Lipinski definition) is 1. The van der Waals surface area contributed by atoms with Crippen LogP contribution in [0.3, 0.4) is 0 Å². The topological polar surface area (TPSA) is 80.7 Å². The van der Waals surface area contributed by atoms with Gasteiger partial charge in [0.2, 0.25) is 0 Å². The van der Waals surface area contributed by atoms with Gasteiger partial charge < -0.3 is 9.84 Å². The van der Waals surface area contributed by atoms with E-state index in [9.17, 15) is 18.3 Å². The Labute approximate surface area is 83.0 Å². The average molecular weight is 222 g/mol. The summed E-state index contributed by atoms with van der Waals surface area (Å²) in [6.07, 6.45) is 0.486. The third-order valence-electron chi connectivity index (χ3n) is 2.29. The van der Waals surface area contributed by atoms with E-state index in [1.165, 1.54) is 7.11 Å².